The Hall–Kier alpha value is -0.997. The van der Waals surface area contributed by atoms with E-state index in [4.69, 9.17) is 10.2 Å². The first-order valence-electron chi connectivity index (χ1n) is 3.47. The van der Waals surface area contributed by atoms with Crippen LogP contribution in [-0.4, -0.2) is 22.2 Å². The molecule has 70 valence electrons. The normalized spacial score (nSPS) is 8.43. The molecule has 0 aliphatic rings. The van der Waals surface area contributed by atoms with E-state index in [-0.39, 0.29) is 11.1 Å². The maximum atomic E-state index is 10.5. The van der Waals surface area contributed by atoms with Crippen molar-refractivity contribution < 1.29 is 36.4 Å². The van der Waals surface area contributed by atoms with E-state index in [0.29, 0.717) is 0 Å². The molecular weight excluding hydrogens is 258 g/mol. The van der Waals surface area contributed by atoms with Gasteiger partial charge in [0.05, 0.1) is 11.1 Å². The average Bonchev–Trinajstić information content (AvgIpc) is 2.20. The molecule has 1 rings (SSSR count). The number of aromatic carboxylic acids is 2. The summed E-state index contributed by atoms with van der Waals surface area (Å²) in [5, 5.41) is 17.1. The zero-order chi connectivity index (χ0) is 11.1. The number of benzene rings is 1. The van der Waals surface area contributed by atoms with Crippen LogP contribution in [0.4, 0.5) is 0 Å². The van der Waals surface area contributed by atoms with Gasteiger partial charge in [0.1, 0.15) is 0 Å². The molecule has 0 saturated carbocycles. The molecule has 0 unspecified atom stereocenters. The van der Waals surface area contributed by atoms with Crippen LogP contribution in [0.1, 0.15) is 20.7 Å². The Morgan fingerprint density at radius 2 is 1.29 bits per heavy atom. The topological polar surface area (TPSA) is 74.6 Å². The van der Waals surface area contributed by atoms with Crippen molar-refractivity contribution in [2.45, 2.75) is 0 Å². The van der Waals surface area contributed by atoms with E-state index in [9.17, 15) is 9.59 Å². The number of carboxylic acid groups (broad SMARTS) is 2. The number of hydrogen-bond acceptors (Lipinski definition) is 3. The molecule has 0 atom stereocenters. The van der Waals surface area contributed by atoms with Gasteiger partial charge in [0.15, 0.2) is 0 Å². The van der Waals surface area contributed by atoms with Crippen LogP contribution >= 0.6 is 10.1 Å². The van der Waals surface area contributed by atoms with Crippen molar-refractivity contribution in [1.82, 2.24) is 0 Å². The van der Waals surface area contributed by atoms with Crippen molar-refractivity contribution in [3.8, 4) is 0 Å². The molecule has 0 heterocycles. The van der Waals surface area contributed by atoms with Gasteiger partial charge < -0.3 is 10.2 Å². The Labute approximate surface area is 93.8 Å². The zero-order valence-electron chi connectivity index (χ0n) is 7.14. The molecule has 0 saturated heterocycles. The van der Waals surface area contributed by atoms with Crippen molar-refractivity contribution >= 4 is 22.1 Å². The number of carboxylic acids is 2. The summed E-state index contributed by atoms with van der Waals surface area (Å²) in [6, 6.07) is 5.48. The van der Waals surface area contributed by atoms with Crippen LogP contribution in [-0.2, 0) is 16.6 Å². The minimum atomic E-state index is -1.23. The van der Waals surface area contributed by atoms with E-state index in [1.165, 1.54) is 24.3 Å². The van der Waals surface area contributed by atoms with Crippen LogP contribution in [0, 0.1) is 0 Å². The van der Waals surface area contributed by atoms with Gasteiger partial charge in [-0.05, 0) is 12.1 Å². The SMILES string of the molecule is O=C(O)c1ccccc1C(=O)O.[S]=[Zn]. The van der Waals surface area contributed by atoms with Gasteiger partial charge in [0, 0.05) is 0 Å². The molecule has 1 aromatic rings. The van der Waals surface area contributed by atoms with Crippen molar-refractivity contribution in [2.75, 3.05) is 0 Å². The third-order valence-corrected chi connectivity index (χ3v) is 1.39. The molecule has 0 amide bonds. The van der Waals surface area contributed by atoms with Crippen LogP contribution in [0.25, 0.3) is 0 Å². The monoisotopic (exact) mass is 262 g/mol. The molecule has 0 bridgehead atoms. The summed E-state index contributed by atoms with van der Waals surface area (Å²) < 4.78 is 0. The van der Waals surface area contributed by atoms with Gasteiger partial charge >= 0.3 is 38.6 Å². The Balaban J connectivity index is 0.000000791. The first-order valence-corrected chi connectivity index (χ1v) is 7.68. The van der Waals surface area contributed by atoms with E-state index in [1.807, 2.05) is 0 Å². The van der Waals surface area contributed by atoms with Crippen molar-refractivity contribution in [3.05, 3.63) is 35.4 Å². The minimum absolute atomic E-state index is 0.190. The van der Waals surface area contributed by atoms with Gasteiger partial charge in [-0.1, -0.05) is 12.1 Å². The van der Waals surface area contributed by atoms with Crippen LogP contribution < -0.4 is 0 Å². The Morgan fingerprint density at radius 3 is 1.50 bits per heavy atom. The molecule has 4 nitrogen and oxygen atoms in total. The van der Waals surface area contributed by atoms with E-state index < -0.39 is 11.9 Å². The molecule has 6 heteroatoms. The third-order valence-electron chi connectivity index (χ3n) is 1.39. The molecule has 0 aliphatic heterocycles. The van der Waals surface area contributed by atoms with Crippen molar-refractivity contribution in [3.63, 3.8) is 0 Å². The molecule has 0 fully saturated rings. The van der Waals surface area contributed by atoms with Crippen LogP contribution in [0.3, 0.4) is 0 Å². The molecule has 0 aliphatic carbocycles. The zero-order valence-corrected chi connectivity index (χ0v) is 10.9. The first kappa shape index (κ1) is 13.0. The van der Waals surface area contributed by atoms with E-state index in [0.717, 1.165) is 16.6 Å². The fourth-order valence-electron chi connectivity index (χ4n) is 0.856. The third kappa shape index (κ3) is 3.40. The average molecular weight is 264 g/mol. The molecule has 0 aromatic heterocycles. The summed E-state index contributed by atoms with van der Waals surface area (Å²) in [5.74, 6) is -2.46. The van der Waals surface area contributed by atoms with E-state index >= 15 is 0 Å². The second kappa shape index (κ2) is 6.46. The number of carbonyl (C=O) groups is 2. The quantitative estimate of drug-likeness (QED) is 0.795. The molecule has 14 heavy (non-hydrogen) atoms. The molecule has 0 radical (unpaired) electrons. The molecule has 2 N–H and O–H groups in total. The second-order valence-corrected chi connectivity index (χ2v) is 2.16. The Bertz CT molecular complexity index is 320. The fourth-order valence-corrected chi connectivity index (χ4v) is 0.856. The van der Waals surface area contributed by atoms with Gasteiger partial charge in [-0.25, -0.2) is 9.59 Å². The van der Waals surface area contributed by atoms with Crippen molar-refractivity contribution in [2.24, 2.45) is 0 Å². The van der Waals surface area contributed by atoms with Gasteiger partial charge in [0.25, 0.3) is 0 Å². The predicted molar refractivity (Wildman–Crippen MR) is 48.0 cm³/mol. The summed E-state index contributed by atoms with van der Waals surface area (Å²) in [6.45, 7) is 0. The predicted octanol–water partition coefficient (Wildman–Crippen LogP) is 1.73. The number of rotatable bonds is 2. The molecule has 1 aromatic carbocycles. The summed E-state index contributed by atoms with van der Waals surface area (Å²) in [6.07, 6.45) is 0. The maximum absolute atomic E-state index is 10.5. The second-order valence-electron chi connectivity index (χ2n) is 2.16. The molecular formula is C8H6O4SZn. The summed E-state index contributed by atoms with van der Waals surface area (Å²) in [5.41, 5.74) is -0.380. The summed E-state index contributed by atoms with van der Waals surface area (Å²) in [7, 11) is 4.21. The Morgan fingerprint density at radius 1 is 1.00 bits per heavy atom. The fraction of sp³-hybridized carbons (Fsp3) is 0. The van der Waals surface area contributed by atoms with Gasteiger partial charge in [-0.15, -0.1) is 0 Å². The summed E-state index contributed by atoms with van der Waals surface area (Å²) >= 11 is 0.958. The molecule has 0 spiro atoms. The van der Waals surface area contributed by atoms with E-state index in [2.05, 4.69) is 10.1 Å². The van der Waals surface area contributed by atoms with Crippen molar-refractivity contribution in [1.29, 1.82) is 0 Å². The van der Waals surface area contributed by atoms with Crippen LogP contribution in [0.15, 0.2) is 24.3 Å². The van der Waals surface area contributed by atoms with Gasteiger partial charge in [-0.3, -0.25) is 0 Å². The van der Waals surface area contributed by atoms with Gasteiger partial charge in [0.2, 0.25) is 0 Å². The van der Waals surface area contributed by atoms with Gasteiger partial charge in [-0.2, -0.15) is 0 Å². The summed E-state index contributed by atoms with van der Waals surface area (Å²) in [4.78, 5) is 20.9. The van der Waals surface area contributed by atoms with Crippen LogP contribution in [0.5, 0.6) is 0 Å². The number of hydrogen-bond donors (Lipinski definition) is 2. The van der Waals surface area contributed by atoms with Crippen LogP contribution in [0.2, 0.25) is 0 Å². The standard InChI is InChI=1S/C8H6O4.S.Zn/c9-7(10)5-3-1-2-4-6(5)8(11)12;;/h1-4H,(H,9,10)(H,11,12);;. The van der Waals surface area contributed by atoms with E-state index in [1.54, 1.807) is 0 Å². The first-order chi connectivity index (χ1) is 6.63. The Kier molecular flexibility index (Phi) is 6.00.